The van der Waals surface area contributed by atoms with Gasteiger partial charge in [-0.3, -0.25) is 13.8 Å². The van der Waals surface area contributed by atoms with Crippen LogP contribution in [-0.4, -0.2) is 66.3 Å². The van der Waals surface area contributed by atoms with Crippen molar-refractivity contribution >= 4 is 13.8 Å². The molecule has 3 atom stereocenters. The van der Waals surface area contributed by atoms with Crippen LogP contribution in [0.1, 0.15) is 162 Å². The zero-order valence-corrected chi connectivity index (χ0v) is 30.9. The van der Waals surface area contributed by atoms with Crippen molar-refractivity contribution in [3.63, 3.8) is 0 Å². The molecular weight excluding hydrogens is 619 g/mol. The number of allylic oxidation sites excluding steroid dienone is 4. The summed E-state index contributed by atoms with van der Waals surface area (Å²) in [5.41, 5.74) is 0. The minimum atomic E-state index is -4.51. The van der Waals surface area contributed by atoms with Gasteiger partial charge in [0, 0.05) is 13.0 Å². The Morgan fingerprint density at radius 1 is 0.638 bits per heavy atom. The van der Waals surface area contributed by atoms with Crippen molar-refractivity contribution in [3.8, 4) is 0 Å². The van der Waals surface area contributed by atoms with Crippen molar-refractivity contribution in [2.75, 3.05) is 33.0 Å². The molecule has 3 unspecified atom stereocenters. The fourth-order valence-electron chi connectivity index (χ4n) is 4.92. The van der Waals surface area contributed by atoms with Crippen molar-refractivity contribution in [1.29, 1.82) is 0 Å². The second-order valence-electron chi connectivity index (χ2n) is 12.6. The first-order chi connectivity index (χ1) is 22.8. The van der Waals surface area contributed by atoms with E-state index in [1.807, 2.05) is 0 Å². The molecule has 0 rings (SSSR count). The molecule has 0 spiro atoms. The van der Waals surface area contributed by atoms with Crippen molar-refractivity contribution in [2.45, 2.75) is 174 Å². The van der Waals surface area contributed by atoms with E-state index in [9.17, 15) is 19.4 Å². The summed E-state index contributed by atoms with van der Waals surface area (Å²) in [5, 5.41) is 18.3. The average Bonchev–Trinajstić information content (AvgIpc) is 3.06. The van der Waals surface area contributed by atoms with E-state index in [1.165, 1.54) is 70.6 Å². The number of hydrogen-bond acceptors (Lipinski definition) is 8. The first kappa shape index (κ1) is 45.9. The number of carbonyl (C=O) groups excluding carboxylic acids is 1. The van der Waals surface area contributed by atoms with Gasteiger partial charge in [0.15, 0.2) is 0 Å². The molecule has 0 amide bonds. The Labute approximate surface area is 287 Å². The van der Waals surface area contributed by atoms with Gasteiger partial charge in [-0.15, -0.1) is 0 Å². The van der Waals surface area contributed by atoms with Crippen LogP contribution < -0.4 is 0 Å². The lowest BCUT2D eigenvalue weighted by Crippen LogP contribution is -2.29. The van der Waals surface area contributed by atoms with Gasteiger partial charge in [0.25, 0.3) is 0 Å². The number of phosphoric ester groups is 1. The Kier molecular flexibility index (Phi) is 34.0. The predicted molar refractivity (Wildman–Crippen MR) is 191 cm³/mol. The van der Waals surface area contributed by atoms with E-state index in [0.29, 0.717) is 6.61 Å². The Hall–Kier alpha value is -1.06. The van der Waals surface area contributed by atoms with E-state index < -0.39 is 39.2 Å². The Morgan fingerprint density at radius 2 is 1.11 bits per heavy atom. The maximum absolute atomic E-state index is 12.5. The van der Waals surface area contributed by atoms with Crippen LogP contribution in [0.5, 0.6) is 0 Å². The van der Waals surface area contributed by atoms with E-state index in [-0.39, 0.29) is 19.6 Å². The predicted octanol–water partition coefficient (Wildman–Crippen LogP) is 9.53. The minimum Gasteiger partial charge on any atom is -0.457 e. The fourth-order valence-corrected chi connectivity index (χ4v) is 5.71. The van der Waals surface area contributed by atoms with Crippen LogP contribution in [0, 0.1) is 0 Å². The SMILES string of the molecule is CCCC/C=C\CCCCCCCC(=O)OC(COCCCCCCCC/C=C\CCCCCCC)COP(=O)(O)OCC(O)CO. The zero-order valence-electron chi connectivity index (χ0n) is 30.0. The lowest BCUT2D eigenvalue weighted by Gasteiger charge is -2.20. The topological polar surface area (TPSA) is 132 Å². The molecule has 3 N–H and O–H groups in total. The van der Waals surface area contributed by atoms with E-state index in [0.717, 1.165) is 70.6 Å². The van der Waals surface area contributed by atoms with Crippen LogP contribution in [0.2, 0.25) is 0 Å². The number of unbranched alkanes of at least 4 members (excludes halogenated alkanes) is 18. The van der Waals surface area contributed by atoms with Crippen LogP contribution in [0.4, 0.5) is 0 Å². The third-order valence-corrected chi connectivity index (χ3v) is 8.81. The van der Waals surface area contributed by atoms with Crippen LogP contribution >= 0.6 is 7.82 Å². The maximum Gasteiger partial charge on any atom is 0.472 e. The zero-order chi connectivity index (χ0) is 34.7. The van der Waals surface area contributed by atoms with Gasteiger partial charge in [0.2, 0.25) is 0 Å². The van der Waals surface area contributed by atoms with Gasteiger partial charge in [-0.05, 0) is 57.8 Å². The summed E-state index contributed by atoms with van der Waals surface area (Å²) in [7, 11) is -4.51. The van der Waals surface area contributed by atoms with E-state index in [2.05, 4.69) is 38.2 Å². The van der Waals surface area contributed by atoms with Gasteiger partial charge in [-0.1, -0.05) is 122 Å². The Morgan fingerprint density at radius 3 is 1.66 bits per heavy atom. The molecule has 47 heavy (non-hydrogen) atoms. The molecule has 0 fully saturated rings. The van der Waals surface area contributed by atoms with E-state index in [4.69, 9.17) is 23.6 Å². The summed E-state index contributed by atoms with van der Waals surface area (Å²) in [5.74, 6) is -0.396. The highest BCUT2D eigenvalue weighted by Crippen LogP contribution is 2.43. The molecule has 0 radical (unpaired) electrons. The monoisotopic (exact) mass is 690 g/mol. The second-order valence-corrected chi connectivity index (χ2v) is 14.0. The summed E-state index contributed by atoms with van der Waals surface area (Å²) in [6.07, 6.45) is 32.8. The summed E-state index contributed by atoms with van der Waals surface area (Å²) in [6, 6.07) is 0. The number of phosphoric acid groups is 1. The molecule has 0 aliphatic rings. The van der Waals surface area contributed by atoms with Crippen molar-refractivity contribution < 1.29 is 43.0 Å². The quantitative estimate of drug-likeness (QED) is 0.0254. The highest BCUT2D eigenvalue weighted by atomic mass is 31.2. The van der Waals surface area contributed by atoms with Crippen molar-refractivity contribution in [2.24, 2.45) is 0 Å². The second kappa shape index (κ2) is 34.8. The maximum atomic E-state index is 12.5. The number of ether oxygens (including phenoxy) is 2. The summed E-state index contributed by atoms with van der Waals surface area (Å²) in [4.78, 5) is 22.4. The summed E-state index contributed by atoms with van der Waals surface area (Å²) < 4.78 is 33.2. The van der Waals surface area contributed by atoms with Gasteiger partial charge in [0.1, 0.15) is 12.2 Å². The molecule has 0 aromatic carbocycles. The number of hydrogen-bond donors (Lipinski definition) is 3. The Balaban J connectivity index is 4.24. The van der Waals surface area contributed by atoms with Gasteiger partial charge < -0.3 is 24.6 Å². The summed E-state index contributed by atoms with van der Waals surface area (Å²) in [6.45, 7) is 3.44. The van der Waals surface area contributed by atoms with Gasteiger partial charge >= 0.3 is 13.8 Å². The van der Waals surface area contributed by atoms with Crippen molar-refractivity contribution in [1.82, 2.24) is 0 Å². The highest BCUT2D eigenvalue weighted by molar-refractivity contribution is 7.47. The lowest BCUT2D eigenvalue weighted by molar-refractivity contribution is -0.154. The first-order valence-corrected chi connectivity index (χ1v) is 20.3. The average molecular weight is 691 g/mol. The lowest BCUT2D eigenvalue weighted by atomic mass is 10.1. The van der Waals surface area contributed by atoms with Crippen LogP contribution in [0.3, 0.4) is 0 Å². The molecule has 9 nitrogen and oxygen atoms in total. The van der Waals surface area contributed by atoms with Crippen molar-refractivity contribution in [3.05, 3.63) is 24.3 Å². The molecule has 0 heterocycles. The normalized spacial score (nSPS) is 14.6. The molecule has 0 aliphatic heterocycles. The number of aliphatic hydroxyl groups is 2. The van der Waals surface area contributed by atoms with Gasteiger partial charge in [-0.2, -0.15) is 0 Å². The van der Waals surface area contributed by atoms with Crippen LogP contribution in [-0.2, 0) is 27.9 Å². The van der Waals surface area contributed by atoms with E-state index >= 15 is 0 Å². The van der Waals surface area contributed by atoms with Crippen LogP contribution in [0.25, 0.3) is 0 Å². The van der Waals surface area contributed by atoms with E-state index in [1.54, 1.807) is 0 Å². The number of aliphatic hydroxyl groups excluding tert-OH is 2. The Bertz CT molecular complexity index is 790. The van der Waals surface area contributed by atoms with Crippen LogP contribution in [0.15, 0.2) is 24.3 Å². The number of esters is 1. The molecule has 0 aromatic rings. The highest BCUT2D eigenvalue weighted by Gasteiger charge is 2.26. The molecule has 10 heteroatoms. The molecule has 0 saturated carbocycles. The molecule has 0 aliphatic carbocycles. The number of carbonyl (C=O) groups is 1. The smallest absolute Gasteiger partial charge is 0.457 e. The largest absolute Gasteiger partial charge is 0.472 e. The van der Waals surface area contributed by atoms with Gasteiger partial charge in [-0.25, -0.2) is 4.57 Å². The van der Waals surface area contributed by atoms with Gasteiger partial charge in [0.05, 0.1) is 26.4 Å². The molecular formula is C37H71O9P. The number of rotatable bonds is 36. The first-order valence-electron chi connectivity index (χ1n) is 18.8. The fraction of sp³-hybridized carbons (Fsp3) is 0.865. The molecule has 0 saturated heterocycles. The standard InChI is InChI=1S/C37H71O9P/c1-3-5-7-9-11-13-15-16-17-18-20-22-24-26-28-30-43-33-36(34-45-47(41,42)44-32-35(39)31-38)46-37(40)29-27-25-23-21-19-14-12-10-8-6-4-2/h10,12,15-16,35-36,38-39H,3-9,11,13-14,17-34H2,1-2H3,(H,41,42)/b12-10-,16-15-. The third kappa shape index (κ3) is 34.6. The molecule has 0 aromatic heterocycles. The minimum absolute atomic E-state index is 0.0434. The molecule has 0 bridgehead atoms. The summed E-state index contributed by atoms with van der Waals surface area (Å²) >= 11 is 0. The third-order valence-electron chi connectivity index (χ3n) is 7.86. The molecule has 278 valence electrons.